The van der Waals surface area contributed by atoms with Crippen molar-refractivity contribution in [3.8, 4) is 0 Å². The van der Waals surface area contributed by atoms with Gasteiger partial charge in [0.25, 0.3) is 0 Å². The number of carboxylic acid groups (broad SMARTS) is 1. The van der Waals surface area contributed by atoms with Crippen LogP contribution in [-0.4, -0.2) is 53.3 Å². The lowest BCUT2D eigenvalue weighted by Crippen LogP contribution is -2.57. The van der Waals surface area contributed by atoms with Crippen molar-refractivity contribution < 1.29 is 19.4 Å². The zero-order chi connectivity index (χ0) is 15.6. The van der Waals surface area contributed by atoms with E-state index in [-0.39, 0.29) is 24.8 Å². The van der Waals surface area contributed by atoms with E-state index in [0.29, 0.717) is 6.54 Å². The first-order valence-electron chi connectivity index (χ1n) is 6.63. The summed E-state index contributed by atoms with van der Waals surface area (Å²) >= 11 is 0. The summed E-state index contributed by atoms with van der Waals surface area (Å²) in [6.45, 7) is 11.7. The number of nitrogens with zero attached hydrogens (tertiary/aromatic N) is 1. The Bertz CT molecular complexity index is 402. The summed E-state index contributed by atoms with van der Waals surface area (Å²) in [5.41, 5.74) is -1.47. The summed E-state index contributed by atoms with van der Waals surface area (Å²) in [5.74, 6) is -0.966. The van der Waals surface area contributed by atoms with Crippen LogP contribution in [0.2, 0.25) is 0 Å². The average molecular weight is 284 g/mol. The molecule has 1 aliphatic rings. The Kier molecular flexibility index (Phi) is 4.81. The summed E-state index contributed by atoms with van der Waals surface area (Å²) in [5, 5.41) is 12.1. The van der Waals surface area contributed by atoms with Gasteiger partial charge in [-0.05, 0) is 27.7 Å². The van der Waals surface area contributed by atoms with Crippen LogP contribution in [0.25, 0.3) is 0 Å². The van der Waals surface area contributed by atoms with Crippen molar-refractivity contribution in [2.75, 3.05) is 19.8 Å². The largest absolute Gasteiger partial charge is 0.481 e. The number of amides is 2. The third-order valence-corrected chi connectivity index (χ3v) is 3.61. The van der Waals surface area contributed by atoms with Gasteiger partial charge in [-0.15, -0.1) is 6.58 Å². The lowest BCUT2D eigenvalue weighted by atomic mass is 9.85. The fraction of sp³-hybridized carbons (Fsp3) is 0.714. The highest BCUT2D eigenvalue weighted by molar-refractivity contribution is 5.80. The molecule has 2 N–H and O–H groups in total. The Hall–Kier alpha value is -1.56. The Balaban J connectivity index is 2.83. The number of carbonyl (C=O) groups is 2. The topological polar surface area (TPSA) is 78.9 Å². The molecule has 1 aliphatic heterocycles. The van der Waals surface area contributed by atoms with Gasteiger partial charge in [0.15, 0.2) is 0 Å². The third kappa shape index (κ3) is 3.30. The minimum absolute atomic E-state index is 0.101. The fourth-order valence-corrected chi connectivity index (χ4v) is 2.10. The zero-order valence-electron chi connectivity index (χ0n) is 12.6. The van der Waals surface area contributed by atoms with Crippen LogP contribution in [0.5, 0.6) is 0 Å². The molecule has 0 saturated carbocycles. The Morgan fingerprint density at radius 2 is 2.15 bits per heavy atom. The molecule has 0 bridgehead atoms. The molecule has 0 aromatic carbocycles. The SMILES string of the molecule is C=CCN(C(=O)NC1COCC1(C)C(=O)O)C(C)(C)C. The van der Waals surface area contributed by atoms with Crippen LogP contribution in [0.3, 0.4) is 0 Å². The van der Waals surface area contributed by atoms with Gasteiger partial charge in [0.05, 0.1) is 19.3 Å². The molecule has 0 radical (unpaired) electrons. The van der Waals surface area contributed by atoms with Gasteiger partial charge < -0.3 is 20.1 Å². The summed E-state index contributed by atoms with van der Waals surface area (Å²) in [6, 6.07) is -0.845. The molecule has 2 atom stereocenters. The van der Waals surface area contributed by atoms with E-state index in [0.717, 1.165) is 0 Å². The van der Waals surface area contributed by atoms with Crippen molar-refractivity contribution in [3.63, 3.8) is 0 Å². The number of ether oxygens (including phenoxy) is 1. The highest BCUT2D eigenvalue weighted by atomic mass is 16.5. The molecule has 6 heteroatoms. The van der Waals surface area contributed by atoms with Crippen LogP contribution in [-0.2, 0) is 9.53 Å². The standard InChI is InChI=1S/C14H24N2O4/c1-6-7-16(13(2,3)4)12(19)15-10-8-20-9-14(10,5)11(17)18/h6,10H,1,7-9H2,2-5H3,(H,15,19)(H,17,18). The number of nitrogens with one attached hydrogen (secondary N) is 1. The number of hydrogen-bond acceptors (Lipinski definition) is 3. The molecule has 6 nitrogen and oxygen atoms in total. The molecule has 1 heterocycles. The third-order valence-electron chi connectivity index (χ3n) is 3.61. The van der Waals surface area contributed by atoms with Gasteiger partial charge >= 0.3 is 12.0 Å². The zero-order valence-corrected chi connectivity index (χ0v) is 12.6. The van der Waals surface area contributed by atoms with Gasteiger partial charge in [0, 0.05) is 12.1 Å². The van der Waals surface area contributed by atoms with Crippen LogP contribution in [0, 0.1) is 5.41 Å². The normalized spacial score (nSPS) is 26.1. The van der Waals surface area contributed by atoms with E-state index < -0.39 is 17.4 Å². The first-order valence-corrected chi connectivity index (χ1v) is 6.63. The van der Waals surface area contributed by atoms with E-state index in [4.69, 9.17) is 4.74 Å². The number of hydrogen-bond donors (Lipinski definition) is 2. The highest BCUT2D eigenvalue weighted by Gasteiger charge is 2.48. The van der Waals surface area contributed by atoms with E-state index in [1.165, 1.54) is 0 Å². The average Bonchev–Trinajstić information content (AvgIpc) is 2.67. The van der Waals surface area contributed by atoms with E-state index in [1.54, 1.807) is 17.9 Å². The summed E-state index contributed by atoms with van der Waals surface area (Å²) in [7, 11) is 0. The second-order valence-corrected chi connectivity index (χ2v) is 6.31. The van der Waals surface area contributed by atoms with Crippen molar-refractivity contribution in [2.24, 2.45) is 5.41 Å². The number of carboxylic acids is 1. The highest BCUT2D eigenvalue weighted by Crippen LogP contribution is 2.29. The molecule has 114 valence electrons. The first kappa shape index (κ1) is 16.5. The molecule has 1 rings (SSSR count). The Morgan fingerprint density at radius 3 is 2.60 bits per heavy atom. The molecule has 0 aromatic rings. The van der Waals surface area contributed by atoms with Gasteiger partial charge in [-0.1, -0.05) is 6.08 Å². The Morgan fingerprint density at radius 1 is 1.55 bits per heavy atom. The van der Waals surface area contributed by atoms with Crippen molar-refractivity contribution in [2.45, 2.75) is 39.3 Å². The van der Waals surface area contributed by atoms with Crippen LogP contribution >= 0.6 is 0 Å². The van der Waals surface area contributed by atoms with Crippen LogP contribution < -0.4 is 5.32 Å². The van der Waals surface area contributed by atoms with E-state index in [1.807, 2.05) is 20.8 Å². The number of carbonyl (C=O) groups excluding carboxylic acids is 1. The molecule has 0 aromatic heterocycles. The number of rotatable bonds is 4. The second kappa shape index (κ2) is 5.83. The molecule has 0 aliphatic carbocycles. The van der Waals surface area contributed by atoms with Gasteiger partial charge in [-0.25, -0.2) is 4.79 Å². The van der Waals surface area contributed by atoms with E-state index in [9.17, 15) is 14.7 Å². The molecule has 1 fully saturated rings. The summed E-state index contributed by atoms with van der Waals surface area (Å²) in [6.07, 6.45) is 1.65. The molecule has 1 saturated heterocycles. The van der Waals surface area contributed by atoms with Gasteiger partial charge in [0.2, 0.25) is 0 Å². The predicted molar refractivity (Wildman–Crippen MR) is 75.5 cm³/mol. The van der Waals surface area contributed by atoms with Crippen LogP contribution in [0.15, 0.2) is 12.7 Å². The van der Waals surface area contributed by atoms with Crippen molar-refractivity contribution >= 4 is 12.0 Å². The maximum absolute atomic E-state index is 12.4. The molecule has 20 heavy (non-hydrogen) atoms. The van der Waals surface area contributed by atoms with Crippen molar-refractivity contribution in [1.82, 2.24) is 10.2 Å². The molecule has 2 amide bonds. The summed E-state index contributed by atoms with van der Waals surface area (Å²) in [4.78, 5) is 25.3. The fourth-order valence-electron chi connectivity index (χ4n) is 2.10. The maximum Gasteiger partial charge on any atom is 0.318 e. The molecular weight excluding hydrogens is 260 g/mol. The van der Waals surface area contributed by atoms with Gasteiger partial charge in [-0.3, -0.25) is 4.79 Å². The lowest BCUT2D eigenvalue weighted by molar-refractivity contribution is -0.148. The van der Waals surface area contributed by atoms with Gasteiger partial charge in [0.1, 0.15) is 5.41 Å². The van der Waals surface area contributed by atoms with Crippen LogP contribution in [0.4, 0.5) is 4.79 Å². The second-order valence-electron chi connectivity index (χ2n) is 6.31. The lowest BCUT2D eigenvalue weighted by Gasteiger charge is -2.37. The summed E-state index contributed by atoms with van der Waals surface area (Å²) < 4.78 is 5.23. The van der Waals surface area contributed by atoms with Crippen molar-refractivity contribution in [1.29, 1.82) is 0 Å². The monoisotopic (exact) mass is 284 g/mol. The molecular formula is C14H24N2O4. The van der Waals surface area contributed by atoms with Crippen molar-refractivity contribution in [3.05, 3.63) is 12.7 Å². The molecule has 2 unspecified atom stereocenters. The van der Waals surface area contributed by atoms with E-state index >= 15 is 0 Å². The predicted octanol–water partition coefficient (Wildman–Crippen LogP) is 1.47. The smallest absolute Gasteiger partial charge is 0.318 e. The van der Waals surface area contributed by atoms with Crippen LogP contribution in [0.1, 0.15) is 27.7 Å². The van der Waals surface area contributed by atoms with E-state index in [2.05, 4.69) is 11.9 Å². The minimum Gasteiger partial charge on any atom is -0.481 e. The van der Waals surface area contributed by atoms with Gasteiger partial charge in [-0.2, -0.15) is 0 Å². The number of urea groups is 1. The minimum atomic E-state index is -1.09. The molecule has 0 spiro atoms. The Labute approximate surface area is 119 Å². The first-order chi connectivity index (χ1) is 9.13. The maximum atomic E-state index is 12.4. The number of aliphatic carboxylic acids is 1. The quantitative estimate of drug-likeness (QED) is 0.766.